The smallest absolute Gasteiger partial charge is 0.213 e. The quantitative estimate of drug-likeness (QED) is 0.869. The second kappa shape index (κ2) is 6.19. The second-order valence-electron chi connectivity index (χ2n) is 5.45. The van der Waals surface area contributed by atoms with E-state index in [1.165, 1.54) is 31.2 Å². The molecule has 3 heteroatoms. The van der Waals surface area contributed by atoms with Crippen LogP contribution in [0.25, 0.3) is 0 Å². The van der Waals surface area contributed by atoms with Crippen molar-refractivity contribution in [3.63, 3.8) is 0 Å². The first-order valence-corrected chi connectivity index (χ1v) is 7.01. The summed E-state index contributed by atoms with van der Waals surface area (Å²) in [5, 5.41) is 3.41. The van der Waals surface area contributed by atoms with Gasteiger partial charge in [0.1, 0.15) is 6.10 Å². The Labute approximate surface area is 110 Å². The molecule has 1 fully saturated rings. The first-order valence-electron chi connectivity index (χ1n) is 7.01. The number of hydrogen-bond donors (Lipinski definition) is 1. The summed E-state index contributed by atoms with van der Waals surface area (Å²) < 4.78 is 5.91. The monoisotopic (exact) mass is 248 g/mol. The number of aromatic nitrogens is 1. The van der Waals surface area contributed by atoms with Crippen LogP contribution < -0.4 is 10.1 Å². The Balaban J connectivity index is 1.95. The van der Waals surface area contributed by atoms with Crippen LogP contribution in [0.4, 0.5) is 0 Å². The fourth-order valence-corrected chi connectivity index (χ4v) is 2.31. The summed E-state index contributed by atoms with van der Waals surface area (Å²) in [5.74, 6) is 0.785. The molecule has 2 rings (SSSR count). The van der Waals surface area contributed by atoms with Crippen LogP contribution in [-0.4, -0.2) is 17.1 Å². The number of ether oxygens (including phenoxy) is 1. The molecule has 0 atom stereocenters. The lowest BCUT2D eigenvalue weighted by Crippen LogP contribution is -2.22. The van der Waals surface area contributed by atoms with Crippen molar-refractivity contribution >= 4 is 0 Å². The molecule has 0 bridgehead atoms. The third kappa shape index (κ3) is 3.70. The Hall–Kier alpha value is -1.09. The molecule has 0 aromatic carbocycles. The molecule has 0 radical (unpaired) electrons. The van der Waals surface area contributed by atoms with E-state index in [4.69, 9.17) is 4.74 Å². The zero-order chi connectivity index (χ0) is 13.0. The summed E-state index contributed by atoms with van der Waals surface area (Å²) in [4.78, 5) is 4.55. The fraction of sp³-hybridized carbons (Fsp3) is 0.667. The zero-order valence-electron chi connectivity index (χ0n) is 11.7. The van der Waals surface area contributed by atoms with Crippen LogP contribution >= 0.6 is 0 Å². The molecule has 1 saturated carbocycles. The van der Waals surface area contributed by atoms with Crippen LogP contribution in [0.5, 0.6) is 5.88 Å². The lowest BCUT2D eigenvalue weighted by molar-refractivity contribution is 0.201. The van der Waals surface area contributed by atoms with E-state index < -0.39 is 0 Å². The first kappa shape index (κ1) is 13.3. The molecular weight excluding hydrogens is 224 g/mol. The van der Waals surface area contributed by atoms with Crippen LogP contribution in [0.3, 0.4) is 0 Å². The van der Waals surface area contributed by atoms with Crippen molar-refractivity contribution in [3.05, 3.63) is 23.4 Å². The van der Waals surface area contributed by atoms with E-state index in [0.29, 0.717) is 12.1 Å². The van der Waals surface area contributed by atoms with Gasteiger partial charge < -0.3 is 10.1 Å². The van der Waals surface area contributed by atoms with Crippen LogP contribution in [0.1, 0.15) is 50.8 Å². The third-order valence-electron chi connectivity index (χ3n) is 3.46. The van der Waals surface area contributed by atoms with Gasteiger partial charge in [-0.25, -0.2) is 4.98 Å². The number of nitrogens with one attached hydrogen (secondary N) is 1. The summed E-state index contributed by atoms with van der Waals surface area (Å²) in [6, 6.07) is 4.63. The van der Waals surface area contributed by atoms with Gasteiger partial charge in [0.15, 0.2) is 0 Å². The number of hydrogen-bond acceptors (Lipinski definition) is 3. The highest BCUT2D eigenvalue weighted by atomic mass is 16.5. The molecule has 1 heterocycles. The van der Waals surface area contributed by atoms with Gasteiger partial charge in [-0.15, -0.1) is 0 Å². The maximum Gasteiger partial charge on any atom is 0.213 e. The van der Waals surface area contributed by atoms with Crippen LogP contribution in [0.15, 0.2) is 12.1 Å². The zero-order valence-corrected chi connectivity index (χ0v) is 11.7. The number of aryl methyl sites for hydroxylation is 1. The predicted molar refractivity (Wildman–Crippen MR) is 73.8 cm³/mol. The molecule has 1 N–H and O–H groups in total. The van der Waals surface area contributed by atoms with Gasteiger partial charge >= 0.3 is 0 Å². The summed E-state index contributed by atoms with van der Waals surface area (Å²) in [5.41, 5.74) is 2.32. The minimum atomic E-state index is 0.386. The van der Waals surface area contributed by atoms with E-state index in [9.17, 15) is 0 Å². The van der Waals surface area contributed by atoms with Crippen molar-refractivity contribution in [1.29, 1.82) is 0 Å². The molecule has 1 aliphatic carbocycles. The SMILES string of the molecule is Cc1nc(OC2CCCC2)ccc1CNC(C)C. The Kier molecular flexibility index (Phi) is 4.59. The molecule has 0 saturated heterocycles. The summed E-state index contributed by atoms with van der Waals surface area (Å²) in [6.07, 6.45) is 5.33. The standard InChI is InChI=1S/C15H24N2O/c1-11(2)16-10-13-8-9-15(17-12(13)3)18-14-6-4-5-7-14/h8-9,11,14,16H,4-7,10H2,1-3H3. The Morgan fingerprint density at radius 3 is 2.67 bits per heavy atom. The number of nitrogens with zero attached hydrogens (tertiary/aromatic N) is 1. The molecule has 1 aromatic heterocycles. The van der Waals surface area contributed by atoms with E-state index in [0.717, 1.165) is 18.1 Å². The molecule has 100 valence electrons. The van der Waals surface area contributed by atoms with Crippen LogP contribution in [-0.2, 0) is 6.54 Å². The average molecular weight is 248 g/mol. The topological polar surface area (TPSA) is 34.1 Å². The Morgan fingerprint density at radius 1 is 1.33 bits per heavy atom. The van der Waals surface area contributed by atoms with Gasteiger partial charge in [-0.2, -0.15) is 0 Å². The van der Waals surface area contributed by atoms with E-state index in [1.807, 2.05) is 6.07 Å². The van der Waals surface area contributed by atoms with Crippen LogP contribution in [0, 0.1) is 6.92 Å². The molecule has 0 amide bonds. The maximum atomic E-state index is 5.91. The van der Waals surface area contributed by atoms with Crippen LogP contribution in [0.2, 0.25) is 0 Å². The molecule has 0 unspecified atom stereocenters. The highest BCUT2D eigenvalue weighted by Crippen LogP contribution is 2.23. The average Bonchev–Trinajstić information content (AvgIpc) is 2.80. The van der Waals surface area contributed by atoms with Crippen molar-refractivity contribution in [2.75, 3.05) is 0 Å². The van der Waals surface area contributed by atoms with Crippen molar-refractivity contribution in [2.45, 2.75) is 65.1 Å². The minimum absolute atomic E-state index is 0.386. The molecule has 0 spiro atoms. The molecular formula is C15H24N2O. The first-order chi connectivity index (χ1) is 8.65. The Morgan fingerprint density at radius 2 is 2.06 bits per heavy atom. The third-order valence-corrected chi connectivity index (χ3v) is 3.46. The molecule has 1 aliphatic rings. The fourth-order valence-electron chi connectivity index (χ4n) is 2.31. The van der Waals surface area contributed by atoms with E-state index in [-0.39, 0.29) is 0 Å². The predicted octanol–water partition coefficient (Wildman–Crippen LogP) is 3.21. The number of rotatable bonds is 5. The van der Waals surface area contributed by atoms with Gasteiger partial charge in [0.05, 0.1) is 0 Å². The molecule has 0 aliphatic heterocycles. The maximum absolute atomic E-state index is 5.91. The lowest BCUT2D eigenvalue weighted by Gasteiger charge is -2.14. The van der Waals surface area contributed by atoms with Crippen molar-refractivity contribution in [2.24, 2.45) is 0 Å². The van der Waals surface area contributed by atoms with Crippen molar-refractivity contribution in [1.82, 2.24) is 10.3 Å². The van der Waals surface area contributed by atoms with Gasteiger partial charge in [0.2, 0.25) is 5.88 Å². The highest BCUT2D eigenvalue weighted by Gasteiger charge is 2.17. The number of pyridine rings is 1. The van der Waals surface area contributed by atoms with Gasteiger partial charge in [0.25, 0.3) is 0 Å². The summed E-state index contributed by atoms with van der Waals surface area (Å²) >= 11 is 0. The van der Waals surface area contributed by atoms with Gasteiger partial charge in [-0.05, 0) is 38.2 Å². The summed E-state index contributed by atoms with van der Waals surface area (Å²) in [6.45, 7) is 7.24. The van der Waals surface area contributed by atoms with Gasteiger partial charge in [-0.3, -0.25) is 0 Å². The van der Waals surface area contributed by atoms with E-state index in [1.54, 1.807) is 0 Å². The highest BCUT2D eigenvalue weighted by molar-refractivity contribution is 5.25. The van der Waals surface area contributed by atoms with Crippen molar-refractivity contribution < 1.29 is 4.74 Å². The molecule has 1 aromatic rings. The van der Waals surface area contributed by atoms with Gasteiger partial charge in [0, 0.05) is 24.3 Å². The minimum Gasteiger partial charge on any atom is -0.474 e. The van der Waals surface area contributed by atoms with E-state index in [2.05, 4.69) is 37.1 Å². The summed E-state index contributed by atoms with van der Waals surface area (Å²) in [7, 11) is 0. The molecule has 3 nitrogen and oxygen atoms in total. The largest absolute Gasteiger partial charge is 0.474 e. The normalized spacial score (nSPS) is 16.4. The van der Waals surface area contributed by atoms with Crippen molar-refractivity contribution in [3.8, 4) is 5.88 Å². The molecule has 18 heavy (non-hydrogen) atoms. The Bertz CT molecular complexity index is 384. The second-order valence-corrected chi connectivity index (χ2v) is 5.45. The van der Waals surface area contributed by atoms with E-state index >= 15 is 0 Å². The van der Waals surface area contributed by atoms with Gasteiger partial charge in [-0.1, -0.05) is 19.9 Å². The lowest BCUT2D eigenvalue weighted by atomic mass is 10.2.